The summed E-state index contributed by atoms with van der Waals surface area (Å²) in [7, 11) is 3.46. The second-order valence-electron chi connectivity index (χ2n) is 3.64. The summed E-state index contributed by atoms with van der Waals surface area (Å²) in [5, 5.41) is 3.26. The molecule has 0 saturated carbocycles. The van der Waals surface area contributed by atoms with Crippen LogP contribution in [-0.4, -0.2) is 41.4 Å². The molecule has 0 aromatic carbocycles. The summed E-state index contributed by atoms with van der Waals surface area (Å²) in [6.07, 6.45) is 2.07. The maximum absolute atomic E-state index is 11.3. The number of nitrogens with one attached hydrogen (secondary N) is 1. The predicted molar refractivity (Wildman–Crippen MR) is 63.6 cm³/mol. The Balaban J connectivity index is 2.49. The van der Waals surface area contributed by atoms with E-state index in [1.807, 2.05) is 6.92 Å². The standard InChI is InChI=1S/C10H15ClN4O/c1-7-6-13-10(11)14-9(7)12-5-4-8(16)15(2)3/h6H,4-5H2,1-3H3,(H,12,13,14). The monoisotopic (exact) mass is 242 g/mol. The summed E-state index contributed by atoms with van der Waals surface area (Å²) in [5.74, 6) is 0.747. The molecule has 0 aliphatic heterocycles. The van der Waals surface area contributed by atoms with Crippen molar-refractivity contribution in [3.05, 3.63) is 17.0 Å². The van der Waals surface area contributed by atoms with E-state index < -0.39 is 0 Å². The van der Waals surface area contributed by atoms with Gasteiger partial charge in [-0.15, -0.1) is 0 Å². The number of rotatable bonds is 4. The third-order valence-corrected chi connectivity index (χ3v) is 2.25. The van der Waals surface area contributed by atoms with Gasteiger partial charge in [-0.3, -0.25) is 4.79 Å². The van der Waals surface area contributed by atoms with Gasteiger partial charge in [0.15, 0.2) is 0 Å². The lowest BCUT2D eigenvalue weighted by atomic mass is 10.3. The van der Waals surface area contributed by atoms with E-state index in [2.05, 4.69) is 15.3 Å². The van der Waals surface area contributed by atoms with E-state index in [1.54, 1.807) is 25.2 Å². The van der Waals surface area contributed by atoms with Crippen molar-refractivity contribution in [2.45, 2.75) is 13.3 Å². The lowest BCUT2D eigenvalue weighted by molar-refractivity contribution is -0.128. The molecule has 0 aliphatic rings. The second kappa shape index (κ2) is 5.65. The molecule has 1 amide bonds. The molecule has 0 unspecified atom stereocenters. The highest BCUT2D eigenvalue weighted by atomic mass is 35.5. The fourth-order valence-electron chi connectivity index (χ4n) is 1.11. The van der Waals surface area contributed by atoms with Gasteiger partial charge in [-0.2, -0.15) is 0 Å². The van der Waals surface area contributed by atoms with Gasteiger partial charge in [-0.25, -0.2) is 9.97 Å². The van der Waals surface area contributed by atoms with Gasteiger partial charge in [-0.05, 0) is 18.5 Å². The zero-order valence-electron chi connectivity index (χ0n) is 9.62. The Hall–Kier alpha value is -1.36. The topological polar surface area (TPSA) is 58.1 Å². The average molecular weight is 243 g/mol. The van der Waals surface area contributed by atoms with E-state index in [0.717, 1.165) is 5.56 Å². The van der Waals surface area contributed by atoms with E-state index in [4.69, 9.17) is 11.6 Å². The summed E-state index contributed by atoms with van der Waals surface area (Å²) in [6, 6.07) is 0. The highest BCUT2D eigenvalue weighted by Gasteiger charge is 2.05. The minimum Gasteiger partial charge on any atom is -0.369 e. The van der Waals surface area contributed by atoms with Gasteiger partial charge in [0.1, 0.15) is 5.82 Å². The molecule has 1 N–H and O–H groups in total. The van der Waals surface area contributed by atoms with Crippen LogP contribution in [0.4, 0.5) is 5.82 Å². The summed E-state index contributed by atoms with van der Waals surface area (Å²) >= 11 is 5.67. The van der Waals surface area contributed by atoms with Crippen LogP contribution in [0.15, 0.2) is 6.20 Å². The highest BCUT2D eigenvalue weighted by Crippen LogP contribution is 2.12. The molecule has 1 aromatic heterocycles. The normalized spacial score (nSPS) is 10.0. The highest BCUT2D eigenvalue weighted by molar-refractivity contribution is 6.28. The molecule has 0 aliphatic carbocycles. The van der Waals surface area contributed by atoms with Gasteiger partial charge in [0.25, 0.3) is 0 Å². The number of hydrogen-bond donors (Lipinski definition) is 1. The third kappa shape index (κ3) is 3.66. The van der Waals surface area contributed by atoms with Gasteiger partial charge in [0.2, 0.25) is 11.2 Å². The van der Waals surface area contributed by atoms with Crippen molar-refractivity contribution in [1.29, 1.82) is 0 Å². The zero-order valence-corrected chi connectivity index (χ0v) is 10.4. The van der Waals surface area contributed by atoms with E-state index in [0.29, 0.717) is 18.8 Å². The average Bonchev–Trinajstić information content (AvgIpc) is 2.22. The van der Waals surface area contributed by atoms with Gasteiger partial charge < -0.3 is 10.2 Å². The lowest BCUT2D eigenvalue weighted by Crippen LogP contribution is -2.24. The maximum Gasteiger partial charge on any atom is 0.224 e. The van der Waals surface area contributed by atoms with Gasteiger partial charge in [0, 0.05) is 38.8 Å². The van der Waals surface area contributed by atoms with Crippen molar-refractivity contribution in [1.82, 2.24) is 14.9 Å². The number of hydrogen-bond acceptors (Lipinski definition) is 4. The molecule has 1 rings (SSSR count). The minimum absolute atomic E-state index is 0.0744. The smallest absolute Gasteiger partial charge is 0.224 e. The number of halogens is 1. The molecular weight excluding hydrogens is 228 g/mol. The maximum atomic E-state index is 11.3. The number of aryl methyl sites for hydroxylation is 1. The first-order valence-electron chi connectivity index (χ1n) is 4.94. The number of anilines is 1. The van der Waals surface area contributed by atoms with Crippen LogP contribution in [0.2, 0.25) is 5.28 Å². The Labute approximate surface area is 99.8 Å². The fraction of sp³-hybridized carbons (Fsp3) is 0.500. The quantitative estimate of drug-likeness (QED) is 0.810. The molecule has 1 heterocycles. The van der Waals surface area contributed by atoms with Crippen molar-refractivity contribution >= 4 is 23.3 Å². The molecule has 16 heavy (non-hydrogen) atoms. The van der Waals surface area contributed by atoms with E-state index in [1.165, 1.54) is 0 Å². The number of carbonyl (C=O) groups is 1. The Morgan fingerprint density at radius 1 is 1.56 bits per heavy atom. The molecule has 1 aromatic rings. The first-order valence-corrected chi connectivity index (χ1v) is 5.31. The van der Waals surface area contributed by atoms with Crippen molar-refractivity contribution in [3.8, 4) is 0 Å². The molecule has 88 valence electrons. The number of amides is 1. The largest absolute Gasteiger partial charge is 0.369 e. The second-order valence-corrected chi connectivity index (χ2v) is 3.97. The van der Waals surface area contributed by atoms with Gasteiger partial charge in [0.05, 0.1) is 0 Å². The molecule has 0 radical (unpaired) electrons. The van der Waals surface area contributed by atoms with Crippen LogP contribution in [0.1, 0.15) is 12.0 Å². The van der Waals surface area contributed by atoms with Crippen LogP contribution in [-0.2, 0) is 4.79 Å². The lowest BCUT2D eigenvalue weighted by Gasteiger charge is -2.11. The minimum atomic E-state index is 0.0744. The summed E-state index contributed by atoms with van der Waals surface area (Å²) in [5.41, 5.74) is 0.904. The molecule has 0 bridgehead atoms. The van der Waals surface area contributed by atoms with Crippen molar-refractivity contribution < 1.29 is 4.79 Å². The third-order valence-electron chi connectivity index (χ3n) is 2.07. The predicted octanol–water partition coefficient (Wildman–Crippen LogP) is 1.33. The van der Waals surface area contributed by atoms with Crippen LogP contribution in [0.25, 0.3) is 0 Å². The molecular formula is C10H15ClN4O. The van der Waals surface area contributed by atoms with E-state index >= 15 is 0 Å². The Morgan fingerprint density at radius 3 is 2.88 bits per heavy atom. The van der Waals surface area contributed by atoms with Crippen LogP contribution in [0.5, 0.6) is 0 Å². The number of nitrogens with zero attached hydrogens (tertiary/aromatic N) is 3. The Morgan fingerprint density at radius 2 is 2.25 bits per heavy atom. The van der Waals surface area contributed by atoms with Crippen LogP contribution < -0.4 is 5.32 Å². The molecule has 0 fully saturated rings. The van der Waals surface area contributed by atoms with E-state index in [9.17, 15) is 4.79 Å². The van der Waals surface area contributed by atoms with Crippen molar-refractivity contribution in [2.24, 2.45) is 0 Å². The van der Waals surface area contributed by atoms with Crippen molar-refractivity contribution in [2.75, 3.05) is 26.0 Å². The molecule has 5 nitrogen and oxygen atoms in total. The van der Waals surface area contributed by atoms with Crippen LogP contribution >= 0.6 is 11.6 Å². The molecule has 0 spiro atoms. The summed E-state index contributed by atoms with van der Waals surface area (Å²) < 4.78 is 0. The number of carbonyl (C=O) groups excluding carboxylic acids is 1. The summed E-state index contributed by atoms with van der Waals surface area (Å²) in [6.45, 7) is 2.41. The molecule has 0 atom stereocenters. The Kier molecular flexibility index (Phi) is 4.49. The summed E-state index contributed by atoms with van der Waals surface area (Å²) in [4.78, 5) is 20.8. The molecule has 0 saturated heterocycles. The fourth-order valence-corrected chi connectivity index (χ4v) is 1.24. The number of aromatic nitrogens is 2. The Bertz CT molecular complexity index is 381. The van der Waals surface area contributed by atoms with Crippen LogP contribution in [0.3, 0.4) is 0 Å². The first kappa shape index (κ1) is 12.7. The first-order chi connectivity index (χ1) is 7.50. The van der Waals surface area contributed by atoms with Crippen LogP contribution in [0, 0.1) is 6.92 Å². The van der Waals surface area contributed by atoms with E-state index in [-0.39, 0.29) is 11.2 Å². The SMILES string of the molecule is Cc1cnc(Cl)nc1NCCC(=O)N(C)C. The van der Waals surface area contributed by atoms with Gasteiger partial charge in [-0.1, -0.05) is 0 Å². The molecule has 6 heteroatoms. The van der Waals surface area contributed by atoms with Crippen molar-refractivity contribution in [3.63, 3.8) is 0 Å². The van der Waals surface area contributed by atoms with Gasteiger partial charge >= 0.3 is 0 Å². The zero-order chi connectivity index (χ0) is 12.1.